The van der Waals surface area contributed by atoms with E-state index < -0.39 is 16.1 Å². The molecular weight excluding hydrogens is 538 g/mol. The Balaban J connectivity index is 1.71. The van der Waals surface area contributed by atoms with E-state index in [9.17, 15) is 18.0 Å². The third-order valence-corrected chi connectivity index (χ3v) is 8.09. The summed E-state index contributed by atoms with van der Waals surface area (Å²) in [5.74, 6) is 0.180. The highest BCUT2D eigenvalue weighted by Gasteiger charge is 2.26. The lowest BCUT2D eigenvalue weighted by molar-refractivity contribution is -0.140. The monoisotopic (exact) mass is 571 g/mol. The van der Waals surface area contributed by atoms with E-state index in [1.807, 2.05) is 36.4 Å². The summed E-state index contributed by atoms with van der Waals surface area (Å²) in [6, 6.07) is 20.3. The number of halogens is 1. The van der Waals surface area contributed by atoms with Gasteiger partial charge in [-0.25, -0.2) is 13.1 Å². The molecule has 3 aromatic rings. The summed E-state index contributed by atoms with van der Waals surface area (Å²) in [7, 11) is -1.97. The maximum Gasteiger partial charge on any atom is 0.242 e. The van der Waals surface area contributed by atoms with Gasteiger partial charge in [0, 0.05) is 36.6 Å². The van der Waals surface area contributed by atoms with Crippen molar-refractivity contribution in [1.82, 2.24) is 14.9 Å². The molecule has 3 aromatic carbocycles. The Kier molecular flexibility index (Phi) is 10.9. The molecule has 0 bridgehead atoms. The van der Waals surface area contributed by atoms with Crippen LogP contribution in [0.3, 0.4) is 0 Å². The predicted molar refractivity (Wildman–Crippen MR) is 152 cm³/mol. The molecule has 1 unspecified atom stereocenters. The van der Waals surface area contributed by atoms with Crippen molar-refractivity contribution in [3.63, 3.8) is 0 Å². The van der Waals surface area contributed by atoms with Gasteiger partial charge in [0.05, 0.1) is 12.0 Å². The summed E-state index contributed by atoms with van der Waals surface area (Å²) in [5, 5.41) is 3.49. The third-order valence-electron chi connectivity index (χ3n) is 6.27. The lowest BCUT2D eigenvalue weighted by Crippen LogP contribution is -2.47. The molecule has 0 aliphatic rings. The lowest BCUT2D eigenvalue weighted by atomic mass is 10.1. The minimum atomic E-state index is -3.55. The highest BCUT2D eigenvalue weighted by Crippen LogP contribution is 2.19. The van der Waals surface area contributed by atoms with Crippen LogP contribution in [0.25, 0.3) is 0 Å². The largest absolute Gasteiger partial charge is 0.496 e. The quantitative estimate of drug-likeness (QED) is 0.318. The molecular formula is C29H34ClN3O5S. The van der Waals surface area contributed by atoms with Crippen LogP contribution in [0, 0.1) is 0 Å². The Morgan fingerprint density at radius 3 is 2.26 bits per heavy atom. The topological polar surface area (TPSA) is 105 Å². The number of carbonyl (C=O) groups is 2. The molecule has 0 aromatic heterocycles. The number of rotatable bonds is 13. The van der Waals surface area contributed by atoms with E-state index >= 15 is 0 Å². The Morgan fingerprint density at radius 2 is 1.62 bits per heavy atom. The van der Waals surface area contributed by atoms with Gasteiger partial charge in [-0.05, 0) is 54.8 Å². The Morgan fingerprint density at radius 1 is 0.974 bits per heavy atom. The Labute approximate surface area is 235 Å². The van der Waals surface area contributed by atoms with Gasteiger partial charge < -0.3 is 15.0 Å². The zero-order valence-electron chi connectivity index (χ0n) is 22.3. The number of nitrogens with zero attached hydrogens (tertiary/aromatic N) is 1. The van der Waals surface area contributed by atoms with Crippen LogP contribution in [0.2, 0.25) is 5.02 Å². The van der Waals surface area contributed by atoms with Crippen LogP contribution >= 0.6 is 11.6 Å². The number of amides is 2. The van der Waals surface area contributed by atoms with Gasteiger partial charge in [-0.3, -0.25) is 9.59 Å². The fraction of sp³-hybridized carbons (Fsp3) is 0.310. The predicted octanol–water partition coefficient (Wildman–Crippen LogP) is 4.31. The second kappa shape index (κ2) is 14.1. The number of hydrogen-bond acceptors (Lipinski definition) is 5. The van der Waals surface area contributed by atoms with E-state index in [1.54, 1.807) is 50.1 Å². The number of nitrogens with one attached hydrogen (secondary N) is 2. The molecule has 0 saturated heterocycles. The molecule has 8 nitrogen and oxygen atoms in total. The van der Waals surface area contributed by atoms with E-state index in [0.29, 0.717) is 23.7 Å². The first kappa shape index (κ1) is 30.1. The van der Waals surface area contributed by atoms with Gasteiger partial charge in [-0.1, -0.05) is 61.0 Å². The number of benzene rings is 3. The van der Waals surface area contributed by atoms with E-state index in [1.165, 1.54) is 12.1 Å². The number of sulfonamides is 1. The van der Waals surface area contributed by atoms with E-state index in [4.69, 9.17) is 16.3 Å². The second-order valence-electron chi connectivity index (χ2n) is 9.00. The fourth-order valence-corrected chi connectivity index (χ4v) is 5.22. The van der Waals surface area contributed by atoms with E-state index in [0.717, 1.165) is 16.7 Å². The number of hydrogen-bond donors (Lipinski definition) is 2. The zero-order chi connectivity index (χ0) is 28.4. The molecule has 2 amide bonds. The maximum absolute atomic E-state index is 13.4. The number of aryl methyl sites for hydroxylation is 1. The summed E-state index contributed by atoms with van der Waals surface area (Å²) < 4.78 is 32.2. The number of methoxy groups -OCH3 is 1. The SMILES string of the molecule is CCNS(=O)(=O)c1ccc(CCC(=O)N(Cc2ccc(Cl)cc2)C(C)C(=O)NCc2ccccc2OC)cc1. The second-order valence-corrected chi connectivity index (χ2v) is 11.2. The van der Waals surface area contributed by atoms with Crippen LogP contribution in [-0.4, -0.2) is 44.8 Å². The van der Waals surface area contributed by atoms with Crippen LogP contribution in [-0.2, 0) is 39.1 Å². The van der Waals surface area contributed by atoms with Crippen molar-refractivity contribution in [2.24, 2.45) is 0 Å². The van der Waals surface area contributed by atoms with Gasteiger partial charge in [-0.15, -0.1) is 0 Å². The number of para-hydroxylation sites is 1. The van der Waals surface area contributed by atoms with Gasteiger partial charge in [0.1, 0.15) is 11.8 Å². The molecule has 10 heteroatoms. The normalized spacial score (nSPS) is 12.0. The smallest absolute Gasteiger partial charge is 0.242 e. The van der Waals surface area contributed by atoms with E-state index in [-0.39, 0.29) is 36.2 Å². The van der Waals surface area contributed by atoms with Gasteiger partial charge in [0.25, 0.3) is 0 Å². The van der Waals surface area contributed by atoms with Crippen molar-refractivity contribution >= 4 is 33.4 Å². The molecule has 0 radical (unpaired) electrons. The van der Waals surface area contributed by atoms with Crippen molar-refractivity contribution in [1.29, 1.82) is 0 Å². The first-order valence-electron chi connectivity index (χ1n) is 12.7. The number of carbonyl (C=O) groups excluding carboxylic acids is 2. The molecule has 2 N–H and O–H groups in total. The summed E-state index contributed by atoms with van der Waals surface area (Å²) >= 11 is 6.03. The molecule has 39 heavy (non-hydrogen) atoms. The summed E-state index contributed by atoms with van der Waals surface area (Å²) in [4.78, 5) is 28.3. The van der Waals surface area contributed by atoms with Crippen LogP contribution in [0.1, 0.15) is 37.0 Å². The van der Waals surface area contributed by atoms with E-state index in [2.05, 4.69) is 10.0 Å². The Bertz CT molecular complexity index is 1360. The molecule has 1 atom stereocenters. The van der Waals surface area contributed by atoms with Crippen molar-refractivity contribution in [2.45, 2.75) is 50.7 Å². The molecule has 0 fully saturated rings. The van der Waals surface area contributed by atoms with Gasteiger partial charge in [-0.2, -0.15) is 0 Å². The van der Waals surface area contributed by atoms with Crippen LogP contribution in [0.4, 0.5) is 0 Å². The fourth-order valence-electron chi connectivity index (χ4n) is 4.05. The van der Waals surface area contributed by atoms with Crippen LogP contribution in [0.5, 0.6) is 5.75 Å². The summed E-state index contributed by atoms with van der Waals surface area (Å²) in [6.45, 7) is 4.21. The lowest BCUT2D eigenvalue weighted by Gasteiger charge is -2.29. The first-order valence-corrected chi connectivity index (χ1v) is 14.5. The van der Waals surface area contributed by atoms with Gasteiger partial charge >= 0.3 is 0 Å². The minimum Gasteiger partial charge on any atom is -0.496 e. The molecule has 0 aliphatic heterocycles. The van der Waals surface area contributed by atoms with Crippen molar-refractivity contribution in [3.05, 3.63) is 94.5 Å². The van der Waals surface area contributed by atoms with Gasteiger partial charge in [0.2, 0.25) is 21.8 Å². The standard InChI is InChI=1S/C29H34ClN3O5S/c1-4-32-39(36,37)26-16-11-22(12-17-26)13-18-28(34)33(20-23-9-14-25(30)15-10-23)21(2)29(35)31-19-24-7-5-6-8-27(24)38-3/h5-12,14-17,21,32H,4,13,18-20H2,1-3H3,(H,31,35). The van der Waals surface area contributed by atoms with Gasteiger partial charge in [0.15, 0.2) is 0 Å². The first-order chi connectivity index (χ1) is 18.6. The molecule has 0 aliphatic carbocycles. The molecule has 0 saturated carbocycles. The maximum atomic E-state index is 13.4. The van der Waals surface area contributed by atoms with Crippen LogP contribution in [0.15, 0.2) is 77.7 Å². The molecule has 3 rings (SSSR count). The molecule has 0 heterocycles. The summed E-state index contributed by atoms with van der Waals surface area (Å²) in [6.07, 6.45) is 0.546. The van der Waals surface area contributed by atoms with Crippen molar-refractivity contribution < 1.29 is 22.7 Å². The number of ether oxygens (including phenoxy) is 1. The minimum absolute atomic E-state index is 0.150. The highest BCUT2D eigenvalue weighted by molar-refractivity contribution is 7.89. The average molecular weight is 572 g/mol. The van der Waals surface area contributed by atoms with Crippen molar-refractivity contribution in [2.75, 3.05) is 13.7 Å². The van der Waals surface area contributed by atoms with Crippen LogP contribution < -0.4 is 14.8 Å². The third kappa shape index (κ3) is 8.54. The average Bonchev–Trinajstić information content (AvgIpc) is 2.94. The Hall–Kier alpha value is -3.40. The molecule has 208 valence electrons. The molecule has 0 spiro atoms. The van der Waals surface area contributed by atoms with Crippen molar-refractivity contribution in [3.8, 4) is 5.75 Å². The highest BCUT2D eigenvalue weighted by atomic mass is 35.5. The summed E-state index contributed by atoms with van der Waals surface area (Å²) in [5.41, 5.74) is 2.49. The zero-order valence-corrected chi connectivity index (χ0v) is 23.9.